The number of rotatable bonds is 1. The van der Waals surface area contributed by atoms with Gasteiger partial charge in [0.25, 0.3) is 0 Å². The van der Waals surface area contributed by atoms with Crippen LogP contribution in [0.4, 0.5) is 0 Å². The third kappa shape index (κ3) is 2.08. The lowest BCUT2D eigenvalue weighted by molar-refractivity contribution is 0.929. The second-order valence-corrected chi connectivity index (χ2v) is 5.27. The summed E-state index contributed by atoms with van der Waals surface area (Å²) in [7, 11) is 0. The van der Waals surface area contributed by atoms with Gasteiger partial charge in [-0.05, 0) is 24.6 Å². The summed E-state index contributed by atoms with van der Waals surface area (Å²) >= 11 is 18.3. The SMILES string of the molecule is Cc1c(Cl)nc2c(-c3cccc(Cl)c3)cnn2c1Cl. The molecular weight excluding hydrogens is 305 g/mol. The van der Waals surface area contributed by atoms with E-state index in [0.29, 0.717) is 26.5 Å². The summed E-state index contributed by atoms with van der Waals surface area (Å²) in [5.74, 6) is 0. The Balaban J connectivity index is 2.32. The molecule has 0 N–H and O–H groups in total. The lowest BCUT2D eigenvalue weighted by atomic mass is 10.1. The zero-order valence-electron chi connectivity index (χ0n) is 9.86. The van der Waals surface area contributed by atoms with E-state index in [9.17, 15) is 0 Å². The Morgan fingerprint density at radius 3 is 2.68 bits per heavy atom. The smallest absolute Gasteiger partial charge is 0.166 e. The third-order valence-electron chi connectivity index (χ3n) is 2.89. The molecule has 0 fully saturated rings. The molecule has 0 bridgehead atoms. The average molecular weight is 313 g/mol. The van der Waals surface area contributed by atoms with E-state index in [4.69, 9.17) is 34.8 Å². The first-order chi connectivity index (χ1) is 9.08. The van der Waals surface area contributed by atoms with Gasteiger partial charge in [0, 0.05) is 16.1 Å². The maximum Gasteiger partial charge on any atom is 0.166 e. The number of fused-ring (bicyclic) bond motifs is 1. The second kappa shape index (κ2) is 4.67. The van der Waals surface area contributed by atoms with Crippen molar-refractivity contribution in [2.45, 2.75) is 6.92 Å². The van der Waals surface area contributed by atoms with Crippen LogP contribution in [0, 0.1) is 6.92 Å². The predicted molar refractivity (Wildman–Crippen MR) is 78.2 cm³/mol. The number of halogens is 3. The molecule has 0 unspecified atom stereocenters. The van der Waals surface area contributed by atoms with E-state index >= 15 is 0 Å². The maximum atomic E-state index is 6.21. The van der Waals surface area contributed by atoms with Gasteiger partial charge in [0.2, 0.25) is 0 Å². The molecule has 0 amide bonds. The van der Waals surface area contributed by atoms with Crippen molar-refractivity contribution in [3.8, 4) is 11.1 Å². The average Bonchev–Trinajstić information content (AvgIpc) is 2.80. The van der Waals surface area contributed by atoms with Crippen LogP contribution in [0.25, 0.3) is 16.8 Å². The first-order valence-electron chi connectivity index (χ1n) is 5.53. The number of nitrogens with zero attached hydrogens (tertiary/aromatic N) is 3. The van der Waals surface area contributed by atoms with Crippen LogP contribution >= 0.6 is 34.8 Å². The van der Waals surface area contributed by atoms with Crippen molar-refractivity contribution in [2.24, 2.45) is 0 Å². The lowest BCUT2D eigenvalue weighted by Crippen LogP contribution is -1.96. The zero-order chi connectivity index (χ0) is 13.6. The molecule has 3 aromatic rings. The molecule has 19 heavy (non-hydrogen) atoms. The van der Waals surface area contributed by atoms with Gasteiger partial charge in [-0.2, -0.15) is 5.10 Å². The summed E-state index contributed by atoms with van der Waals surface area (Å²) in [6, 6.07) is 7.47. The van der Waals surface area contributed by atoms with Gasteiger partial charge in [0.15, 0.2) is 5.65 Å². The molecule has 0 aliphatic carbocycles. The molecule has 0 aliphatic rings. The monoisotopic (exact) mass is 311 g/mol. The van der Waals surface area contributed by atoms with E-state index in [-0.39, 0.29) is 0 Å². The third-order valence-corrected chi connectivity index (χ3v) is 3.94. The van der Waals surface area contributed by atoms with Crippen LogP contribution in [0.3, 0.4) is 0 Å². The molecule has 0 spiro atoms. The highest BCUT2D eigenvalue weighted by Crippen LogP contribution is 2.30. The van der Waals surface area contributed by atoms with E-state index in [1.54, 1.807) is 17.6 Å². The Labute approximate surface area is 124 Å². The highest BCUT2D eigenvalue weighted by molar-refractivity contribution is 6.35. The van der Waals surface area contributed by atoms with Gasteiger partial charge in [-0.1, -0.05) is 46.9 Å². The molecule has 2 aromatic heterocycles. The highest BCUT2D eigenvalue weighted by Gasteiger charge is 2.14. The second-order valence-electron chi connectivity index (χ2n) is 4.12. The van der Waals surface area contributed by atoms with Gasteiger partial charge in [0.05, 0.1) is 6.20 Å². The standard InChI is InChI=1S/C13H8Cl3N3/c1-7-11(15)18-13-10(6-17-19(13)12(7)16)8-3-2-4-9(14)5-8/h2-6H,1H3. The Bertz CT molecular complexity index is 780. The van der Waals surface area contributed by atoms with E-state index in [0.717, 1.165) is 11.1 Å². The highest BCUT2D eigenvalue weighted by atomic mass is 35.5. The van der Waals surface area contributed by atoms with E-state index in [2.05, 4.69) is 10.1 Å². The minimum absolute atomic E-state index is 0.376. The summed E-state index contributed by atoms with van der Waals surface area (Å²) in [4.78, 5) is 4.34. The number of hydrogen-bond acceptors (Lipinski definition) is 2. The molecular formula is C13H8Cl3N3. The molecule has 96 valence electrons. The summed E-state index contributed by atoms with van der Waals surface area (Å²) < 4.78 is 1.57. The zero-order valence-corrected chi connectivity index (χ0v) is 12.1. The molecule has 3 rings (SSSR count). The van der Waals surface area contributed by atoms with E-state index in [1.165, 1.54) is 0 Å². The van der Waals surface area contributed by atoms with Gasteiger partial charge in [-0.15, -0.1) is 0 Å². The van der Waals surface area contributed by atoms with Gasteiger partial charge < -0.3 is 0 Å². The van der Waals surface area contributed by atoms with E-state index in [1.807, 2.05) is 24.3 Å². The van der Waals surface area contributed by atoms with Gasteiger partial charge in [0.1, 0.15) is 10.3 Å². The molecule has 1 aromatic carbocycles. The Morgan fingerprint density at radius 2 is 1.95 bits per heavy atom. The normalized spacial score (nSPS) is 11.2. The summed E-state index contributed by atoms with van der Waals surface area (Å²) in [6.45, 7) is 1.80. The lowest BCUT2D eigenvalue weighted by Gasteiger charge is -2.04. The van der Waals surface area contributed by atoms with Crippen molar-refractivity contribution < 1.29 is 0 Å². The molecule has 2 heterocycles. The van der Waals surface area contributed by atoms with Crippen LogP contribution in [-0.2, 0) is 0 Å². The topological polar surface area (TPSA) is 30.2 Å². The number of aromatic nitrogens is 3. The fourth-order valence-electron chi connectivity index (χ4n) is 1.87. The van der Waals surface area contributed by atoms with E-state index < -0.39 is 0 Å². The van der Waals surface area contributed by atoms with Crippen LogP contribution < -0.4 is 0 Å². The minimum atomic E-state index is 0.376. The largest absolute Gasteiger partial charge is 0.216 e. The van der Waals surface area contributed by atoms with Crippen LogP contribution in [-0.4, -0.2) is 14.6 Å². The fourth-order valence-corrected chi connectivity index (χ4v) is 2.50. The Kier molecular flexibility index (Phi) is 3.13. The maximum absolute atomic E-state index is 6.21. The van der Waals surface area contributed by atoms with Gasteiger partial charge in [-0.3, -0.25) is 0 Å². The van der Waals surface area contributed by atoms with Crippen LogP contribution in [0.5, 0.6) is 0 Å². The minimum Gasteiger partial charge on any atom is -0.216 e. The summed E-state index contributed by atoms with van der Waals surface area (Å²) in [6.07, 6.45) is 1.70. The van der Waals surface area contributed by atoms with Crippen molar-refractivity contribution in [1.29, 1.82) is 0 Å². The van der Waals surface area contributed by atoms with Crippen molar-refractivity contribution >= 4 is 40.4 Å². The molecule has 0 saturated carbocycles. The Hall–Kier alpha value is -1.29. The summed E-state index contributed by atoms with van der Waals surface area (Å²) in [5.41, 5.74) is 3.08. The predicted octanol–water partition coefficient (Wildman–Crippen LogP) is 4.66. The van der Waals surface area contributed by atoms with Crippen LogP contribution in [0.2, 0.25) is 15.3 Å². The molecule has 0 aliphatic heterocycles. The first kappa shape index (κ1) is 12.7. The van der Waals surface area contributed by atoms with Crippen molar-refractivity contribution in [3.63, 3.8) is 0 Å². The fraction of sp³-hybridized carbons (Fsp3) is 0.0769. The molecule has 0 saturated heterocycles. The van der Waals surface area contributed by atoms with Crippen LogP contribution in [0.15, 0.2) is 30.5 Å². The first-order valence-corrected chi connectivity index (χ1v) is 6.66. The van der Waals surface area contributed by atoms with Crippen molar-refractivity contribution in [2.75, 3.05) is 0 Å². The number of hydrogen-bond donors (Lipinski definition) is 0. The molecule has 3 nitrogen and oxygen atoms in total. The quantitative estimate of drug-likeness (QED) is 0.611. The molecule has 0 radical (unpaired) electrons. The van der Waals surface area contributed by atoms with Crippen molar-refractivity contribution in [3.05, 3.63) is 51.4 Å². The molecule has 0 atom stereocenters. The van der Waals surface area contributed by atoms with Crippen molar-refractivity contribution in [1.82, 2.24) is 14.6 Å². The van der Waals surface area contributed by atoms with Gasteiger partial charge in [-0.25, -0.2) is 9.50 Å². The number of benzene rings is 1. The van der Waals surface area contributed by atoms with Gasteiger partial charge >= 0.3 is 0 Å². The van der Waals surface area contributed by atoms with Crippen LogP contribution in [0.1, 0.15) is 5.56 Å². The summed E-state index contributed by atoms with van der Waals surface area (Å²) in [5, 5.41) is 5.74. The Morgan fingerprint density at radius 1 is 1.16 bits per heavy atom. The molecule has 6 heteroatoms.